The van der Waals surface area contributed by atoms with Crippen LogP contribution in [0, 0.1) is 6.92 Å². The molecule has 0 fully saturated rings. The Morgan fingerprint density at radius 1 is 0.969 bits per heavy atom. The zero-order valence-corrected chi connectivity index (χ0v) is 20.8. The molecule has 0 heterocycles. The van der Waals surface area contributed by atoms with Crippen LogP contribution in [0.2, 0.25) is 0 Å². The normalized spacial score (nSPS) is 16.9. The van der Waals surface area contributed by atoms with Crippen molar-refractivity contribution in [1.29, 1.82) is 0 Å². The third kappa shape index (κ3) is 4.90. The zero-order chi connectivity index (χ0) is 23.7. The number of carbonyl (C=O) groups is 1. The van der Waals surface area contributed by atoms with Crippen molar-refractivity contribution >= 4 is 17.9 Å². The van der Waals surface area contributed by atoms with Gasteiger partial charge in [0.25, 0.3) is 0 Å². The topological polar surface area (TPSA) is 37.3 Å². The van der Waals surface area contributed by atoms with Crippen molar-refractivity contribution in [3.05, 3.63) is 81.1 Å². The summed E-state index contributed by atoms with van der Waals surface area (Å²) in [5, 5.41) is 10.0. The van der Waals surface area contributed by atoms with E-state index < -0.39 is 0 Å². The lowest BCUT2D eigenvalue weighted by molar-refractivity contribution is -0.107. The molecule has 0 aliphatic heterocycles. The van der Waals surface area contributed by atoms with Gasteiger partial charge in [0.1, 0.15) is 6.29 Å². The number of fused-ring (bicyclic) bond motifs is 1. The molecular formula is C30H38O2. The number of rotatable bonds is 6. The van der Waals surface area contributed by atoms with Crippen LogP contribution in [-0.2, 0) is 15.6 Å². The van der Waals surface area contributed by atoms with Gasteiger partial charge in [-0.25, -0.2) is 0 Å². The second kappa shape index (κ2) is 9.10. The van der Waals surface area contributed by atoms with E-state index in [9.17, 15) is 9.90 Å². The molecule has 170 valence electrons. The van der Waals surface area contributed by atoms with Gasteiger partial charge < -0.3 is 9.90 Å². The first-order valence-corrected chi connectivity index (χ1v) is 11.7. The van der Waals surface area contributed by atoms with Crippen LogP contribution in [0.4, 0.5) is 0 Å². The first-order valence-electron chi connectivity index (χ1n) is 11.7. The molecule has 0 aromatic heterocycles. The first-order chi connectivity index (χ1) is 15.0. The molecule has 0 spiro atoms. The molecule has 2 aromatic rings. The summed E-state index contributed by atoms with van der Waals surface area (Å²) in [6.45, 7) is 16.1. The molecule has 0 saturated carbocycles. The van der Waals surface area contributed by atoms with E-state index in [0.29, 0.717) is 12.8 Å². The van der Waals surface area contributed by atoms with Crippen molar-refractivity contribution in [2.24, 2.45) is 0 Å². The van der Waals surface area contributed by atoms with E-state index in [-0.39, 0.29) is 16.6 Å². The Bertz CT molecular complexity index is 1060. The van der Waals surface area contributed by atoms with E-state index in [1.165, 1.54) is 51.8 Å². The van der Waals surface area contributed by atoms with Crippen LogP contribution >= 0.6 is 0 Å². The Morgan fingerprint density at radius 3 is 2.06 bits per heavy atom. The van der Waals surface area contributed by atoms with Gasteiger partial charge in [-0.3, -0.25) is 0 Å². The maximum absolute atomic E-state index is 10.5. The van der Waals surface area contributed by atoms with Crippen molar-refractivity contribution in [3.63, 3.8) is 0 Å². The number of hydrogen-bond acceptors (Lipinski definition) is 2. The monoisotopic (exact) mass is 430 g/mol. The minimum absolute atomic E-state index is 0.174. The van der Waals surface area contributed by atoms with Gasteiger partial charge in [0, 0.05) is 12.8 Å². The number of aryl methyl sites for hydroxylation is 1. The predicted octanol–water partition coefficient (Wildman–Crippen LogP) is 8.06. The summed E-state index contributed by atoms with van der Waals surface area (Å²) in [6, 6.07) is 13.2. The number of carbonyl (C=O) groups excluding carboxylic acids is 1. The summed E-state index contributed by atoms with van der Waals surface area (Å²) in [5.41, 5.74) is 10.7. The van der Waals surface area contributed by atoms with E-state index in [2.05, 4.69) is 72.7 Å². The Balaban J connectivity index is 2.06. The fraction of sp³-hybridized carbons (Fsp3) is 0.433. The molecule has 0 atom stereocenters. The highest BCUT2D eigenvalue weighted by atomic mass is 16.3. The van der Waals surface area contributed by atoms with Crippen LogP contribution in [0.25, 0.3) is 11.6 Å². The number of allylic oxidation sites excluding steroid dienone is 2. The van der Waals surface area contributed by atoms with Crippen molar-refractivity contribution < 1.29 is 9.90 Å². The average Bonchev–Trinajstić information content (AvgIpc) is 2.72. The van der Waals surface area contributed by atoms with Crippen LogP contribution < -0.4 is 0 Å². The molecule has 1 aliphatic carbocycles. The van der Waals surface area contributed by atoms with Crippen molar-refractivity contribution in [2.75, 3.05) is 0 Å². The Morgan fingerprint density at radius 2 is 1.53 bits per heavy atom. The van der Waals surface area contributed by atoms with Crippen LogP contribution in [-0.4, -0.2) is 11.4 Å². The van der Waals surface area contributed by atoms with Crippen LogP contribution in [0.5, 0.6) is 0 Å². The van der Waals surface area contributed by atoms with Gasteiger partial charge in [0.15, 0.2) is 0 Å². The zero-order valence-electron chi connectivity index (χ0n) is 20.8. The molecule has 0 saturated heterocycles. The van der Waals surface area contributed by atoms with E-state index >= 15 is 0 Å². The fourth-order valence-electron chi connectivity index (χ4n) is 4.92. The predicted molar refractivity (Wildman–Crippen MR) is 136 cm³/mol. The summed E-state index contributed by atoms with van der Waals surface area (Å²) < 4.78 is 0. The molecule has 0 unspecified atom stereocenters. The second-order valence-corrected chi connectivity index (χ2v) is 10.8. The molecule has 2 heteroatoms. The minimum atomic E-state index is 0.174. The number of aliphatic hydroxyl groups excluding tert-OH is 1. The number of aliphatic hydroxyl groups is 1. The van der Waals surface area contributed by atoms with Crippen LogP contribution in [0.1, 0.15) is 101 Å². The molecule has 0 radical (unpaired) electrons. The Hall–Kier alpha value is -2.61. The number of aldehydes is 1. The average molecular weight is 431 g/mol. The van der Waals surface area contributed by atoms with Crippen molar-refractivity contribution in [3.8, 4) is 0 Å². The molecule has 2 nitrogen and oxygen atoms in total. The summed E-state index contributed by atoms with van der Waals surface area (Å²) >= 11 is 0. The van der Waals surface area contributed by atoms with Gasteiger partial charge in [-0.2, -0.15) is 0 Å². The molecule has 3 rings (SSSR count). The highest BCUT2D eigenvalue weighted by molar-refractivity contribution is 5.84. The molecule has 32 heavy (non-hydrogen) atoms. The summed E-state index contributed by atoms with van der Waals surface area (Å²) in [4.78, 5) is 10.5. The lowest BCUT2D eigenvalue weighted by Crippen LogP contribution is -2.34. The lowest BCUT2D eigenvalue weighted by Gasteiger charge is -2.42. The van der Waals surface area contributed by atoms with E-state index in [0.717, 1.165) is 11.8 Å². The number of benzene rings is 2. The summed E-state index contributed by atoms with van der Waals surface area (Å²) in [6.07, 6.45) is 5.71. The molecular weight excluding hydrogens is 392 g/mol. The molecule has 0 amide bonds. The SMILES string of the molecule is CC(C)=C(c1ccc(/C=C(\O)CCC=O)cc1)c1cc2c(cc1C)C(C)(C)CCC2(C)C. The standard InChI is InChI=1S/C30H38O2/c1-20(2)28(23-12-10-22(11-13-23)18-24(32)9-8-16-31)25-19-27-26(17-21(25)3)29(4,5)14-15-30(27,6)7/h10-13,16-19,32H,8-9,14-15H2,1-7H3/b24-18-. The molecule has 0 bridgehead atoms. The summed E-state index contributed by atoms with van der Waals surface area (Å²) in [5.74, 6) is 0.239. The largest absolute Gasteiger partial charge is 0.512 e. The molecule has 2 aromatic carbocycles. The highest BCUT2D eigenvalue weighted by Gasteiger charge is 2.37. The van der Waals surface area contributed by atoms with Gasteiger partial charge in [-0.05, 0) is 89.5 Å². The molecule has 1 aliphatic rings. The van der Waals surface area contributed by atoms with Crippen molar-refractivity contribution in [2.45, 2.75) is 85.0 Å². The lowest BCUT2D eigenvalue weighted by atomic mass is 9.62. The summed E-state index contributed by atoms with van der Waals surface area (Å²) in [7, 11) is 0. The van der Waals surface area contributed by atoms with E-state index in [4.69, 9.17) is 0 Å². The van der Waals surface area contributed by atoms with Crippen molar-refractivity contribution in [1.82, 2.24) is 0 Å². The number of hydrogen-bond donors (Lipinski definition) is 1. The van der Waals surface area contributed by atoms with Gasteiger partial charge in [-0.15, -0.1) is 0 Å². The van der Waals surface area contributed by atoms with Gasteiger partial charge >= 0.3 is 0 Å². The fourth-order valence-corrected chi connectivity index (χ4v) is 4.92. The van der Waals surface area contributed by atoms with Gasteiger partial charge in [0.05, 0.1) is 5.76 Å². The van der Waals surface area contributed by atoms with E-state index in [1.807, 2.05) is 12.1 Å². The quantitative estimate of drug-likeness (QED) is 0.372. The Kier molecular flexibility index (Phi) is 6.83. The highest BCUT2D eigenvalue weighted by Crippen LogP contribution is 2.47. The smallest absolute Gasteiger partial charge is 0.120 e. The van der Waals surface area contributed by atoms with Crippen LogP contribution in [0.15, 0.2) is 47.7 Å². The third-order valence-electron chi connectivity index (χ3n) is 7.02. The minimum Gasteiger partial charge on any atom is -0.512 e. The van der Waals surface area contributed by atoms with Gasteiger partial charge in [0.2, 0.25) is 0 Å². The Labute approximate surface area is 194 Å². The molecule has 1 N–H and O–H groups in total. The second-order valence-electron chi connectivity index (χ2n) is 10.8. The third-order valence-corrected chi connectivity index (χ3v) is 7.02. The van der Waals surface area contributed by atoms with E-state index in [1.54, 1.807) is 6.08 Å². The first kappa shape index (κ1) is 24.0. The van der Waals surface area contributed by atoms with Gasteiger partial charge in [-0.1, -0.05) is 69.7 Å². The maximum atomic E-state index is 10.5. The maximum Gasteiger partial charge on any atom is 0.120 e. The van der Waals surface area contributed by atoms with Crippen LogP contribution in [0.3, 0.4) is 0 Å².